The Labute approximate surface area is 245 Å². The monoisotopic (exact) mass is 559 g/mol. The Morgan fingerprint density at radius 3 is 2.29 bits per heavy atom. The van der Waals surface area contributed by atoms with E-state index in [4.69, 9.17) is 14.6 Å². The molecule has 41 heavy (non-hydrogen) atoms. The van der Waals surface area contributed by atoms with Crippen molar-refractivity contribution in [1.82, 2.24) is 0 Å². The summed E-state index contributed by atoms with van der Waals surface area (Å²) < 4.78 is 12.1. The van der Waals surface area contributed by atoms with Crippen molar-refractivity contribution in [2.24, 2.45) is 5.92 Å². The minimum absolute atomic E-state index is 0.0176. The minimum atomic E-state index is -0.870. The van der Waals surface area contributed by atoms with Gasteiger partial charge in [0.15, 0.2) is 0 Å². The van der Waals surface area contributed by atoms with Crippen LogP contribution in [0.4, 0.5) is 5.69 Å². The van der Waals surface area contributed by atoms with Crippen molar-refractivity contribution in [2.75, 3.05) is 18.5 Å². The summed E-state index contributed by atoms with van der Waals surface area (Å²) in [6, 6.07) is 17.1. The van der Waals surface area contributed by atoms with Crippen LogP contribution in [-0.2, 0) is 4.79 Å². The first kappa shape index (κ1) is 31.7. The molecule has 0 fully saturated rings. The van der Waals surface area contributed by atoms with Crippen LogP contribution >= 0.6 is 0 Å². The third-order valence-corrected chi connectivity index (χ3v) is 7.54. The van der Waals surface area contributed by atoms with E-state index in [1.54, 1.807) is 24.3 Å². The molecule has 0 heterocycles. The van der Waals surface area contributed by atoms with Crippen LogP contribution in [0.2, 0.25) is 0 Å². The normalized spacial score (nSPS) is 11.6. The number of unbranched alkanes of at least 4 members (excludes halogenated alkanes) is 1. The molecule has 1 amide bonds. The first-order chi connectivity index (χ1) is 19.7. The molecule has 3 aromatic rings. The van der Waals surface area contributed by atoms with E-state index in [1.165, 1.54) is 25.7 Å². The molecule has 0 aliphatic heterocycles. The third-order valence-electron chi connectivity index (χ3n) is 7.54. The number of benzene rings is 3. The van der Waals surface area contributed by atoms with Crippen LogP contribution in [0.3, 0.4) is 0 Å². The predicted octanol–water partition coefficient (Wildman–Crippen LogP) is 8.76. The third kappa shape index (κ3) is 9.10. The summed E-state index contributed by atoms with van der Waals surface area (Å²) in [5, 5.41) is 11.9. The van der Waals surface area contributed by atoms with Crippen molar-refractivity contribution in [3.05, 3.63) is 76.9 Å². The molecule has 3 aromatic carbocycles. The fraction of sp³-hybridized carbons (Fsp3) is 0.429. The fourth-order valence-corrected chi connectivity index (χ4v) is 5.08. The quantitative estimate of drug-likeness (QED) is 0.171. The van der Waals surface area contributed by atoms with Crippen LogP contribution in [0, 0.1) is 26.7 Å². The molecule has 0 saturated heterocycles. The van der Waals surface area contributed by atoms with Crippen molar-refractivity contribution in [1.29, 1.82) is 0 Å². The maximum absolute atomic E-state index is 13.3. The number of hydrogen-bond donors (Lipinski definition) is 2. The SMILES string of the molecule is CCCCC(C)CCCOc1c(C)ccc(-c2cccc(NC(=O)c3ccccc3OCCCC(=O)O)c2C)c1C. The number of carboxylic acids is 1. The topological polar surface area (TPSA) is 84.9 Å². The Hall–Kier alpha value is -3.80. The number of carboxylic acid groups (broad SMARTS) is 1. The van der Waals surface area contributed by atoms with E-state index in [0.29, 0.717) is 24.3 Å². The van der Waals surface area contributed by atoms with Gasteiger partial charge in [-0.2, -0.15) is 0 Å². The molecule has 2 N–H and O–H groups in total. The molecule has 0 aromatic heterocycles. The molecule has 0 radical (unpaired) electrons. The second-order valence-electron chi connectivity index (χ2n) is 10.9. The van der Waals surface area contributed by atoms with Crippen LogP contribution in [0.5, 0.6) is 11.5 Å². The lowest BCUT2D eigenvalue weighted by atomic mass is 9.93. The molecule has 3 rings (SSSR count). The van der Waals surface area contributed by atoms with Gasteiger partial charge < -0.3 is 19.9 Å². The average Bonchev–Trinajstić information content (AvgIpc) is 2.95. The summed E-state index contributed by atoms with van der Waals surface area (Å²) in [6.45, 7) is 11.7. The van der Waals surface area contributed by atoms with Gasteiger partial charge in [0.1, 0.15) is 11.5 Å². The van der Waals surface area contributed by atoms with Crippen LogP contribution in [0.25, 0.3) is 11.1 Å². The van der Waals surface area contributed by atoms with Crippen LogP contribution < -0.4 is 14.8 Å². The van der Waals surface area contributed by atoms with Gasteiger partial charge in [-0.05, 0) is 92.0 Å². The standard InChI is InChI=1S/C35H45NO5/c1-6-7-13-24(2)14-11-23-41-34-25(3)20-21-29(27(34)5)28-16-10-17-31(26(28)4)36-35(39)30-15-8-9-18-32(30)40-22-12-19-33(37)38/h8-10,15-18,20-21,24H,6-7,11-14,19,22-23H2,1-5H3,(H,36,39)(H,37,38). The van der Waals surface area contributed by atoms with E-state index in [1.807, 2.05) is 19.1 Å². The van der Waals surface area contributed by atoms with Crippen molar-refractivity contribution in [3.8, 4) is 22.6 Å². The lowest BCUT2D eigenvalue weighted by molar-refractivity contribution is -0.137. The number of ether oxygens (including phenoxy) is 2. The highest BCUT2D eigenvalue weighted by atomic mass is 16.5. The number of carbonyl (C=O) groups excluding carboxylic acids is 1. The minimum Gasteiger partial charge on any atom is -0.493 e. The number of carbonyl (C=O) groups is 2. The van der Waals surface area contributed by atoms with Crippen molar-refractivity contribution >= 4 is 17.6 Å². The smallest absolute Gasteiger partial charge is 0.303 e. The molecule has 1 atom stereocenters. The van der Waals surface area contributed by atoms with Gasteiger partial charge in [0.2, 0.25) is 0 Å². The van der Waals surface area contributed by atoms with Gasteiger partial charge in [-0.3, -0.25) is 9.59 Å². The summed E-state index contributed by atoms with van der Waals surface area (Å²) in [7, 11) is 0. The molecule has 0 bridgehead atoms. The second-order valence-corrected chi connectivity index (χ2v) is 10.9. The van der Waals surface area contributed by atoms with Gasteiger partial charge in [0, 0.05) is 12.1 Å². The van der Waals surface area contributed by atoms with Gasteiger partial charge in [0.25, 0.3) is 5.91 Å². The van der Waals surface area contributed by atoms with Crippen molar-refractivity contribution in [2.45, 2.75) is 79.6 Å². The largest absolute Gasteiger partial charge is 0.493 e. The zero-order chi connectivity index (χ0) is 29.8. The lowest BCUT2D eigenvalue weighted by Gasteiger charge is -2.19. The molecule has 0 saturated carbocycles. The van der Waals surface area contributed by atoms with E-state index in [9.17, 15) is 9.59 Å². The van der Waals surface area contributed by atoms with Crippen molar-refractivity contribution < 1.29 is 24.2 Å². The zero-order valence-corrected chi connectivity index (χ0v) is 25.2. The number of aliphatic carboxylic acids is 1. The van der Waals surface area contributed by atoms with E-state index in [-0.39, 0.29) is 18.9 Å². The Bertz CT molecular complexity index is 1320. The maximum atomic E-state index is 13.3. The summed E-state index contributed by atoms with van der Waals surface area (Å²) in [6.07, 6.45) is 6.41. The van der Waals surface area contributed by atoms with Gasteiger partial charge in [0.05, 0.1) is 18.8 Å². The maximum Gasteiger partial charge on any atom is 0.303 e. The van der Waals surface area contributed by atoms with Gasteiger partial charge in [-0.25, -0.2) is 0 Å². The highest BCUT2D eigenvalue weighted by Crippen LogP contribution is 2.37. The Morgan fingerprint density at radius 2 is 1.54 bits per heavy atom. The number of hydrogen-bond acceptors (Lipinski definition) is 4. The molecule has 0 aliphatic rings. The van der Waals surface area contributed by atoms with Crippen molar-refractivity contribution in [3.63, 3.8) is 0 Å². The number of para-hydroxylation sites is 1. The van der Waals surface area contributed by atoms with E-state index in [2.05, 4.69) is 51.2 Å². The number of nitrogens with one attached hydrogen (secondary N) is 1. The highest BCUT2D eigenvalue weighted by molar-refractivity contribution is 6.07. The summed E-state index contributed by atoms with van der Waals surface area (Å²) in [5.74, 6) is 0.941. The zero-order valence-electron chi connectivity index (χ0n) is 25.2. The molecule has 6 nitrogen and oxygen atoms in total. The van der Waals surface area contributed by atoms with Gasteiger partial charge in [-0.1, -0.05) is 69.5 Å². The van der Waals surface area contributed by atoms with Crippen LogP contribution in [0.1, 0.15) is 85.8 Å². The van der Waals surface area contributed by atoms with E-state index >= 15 is 0 Å². The molecule has 1 unspecified atom stereocenters. The Kier molecular flexibility index (Phi) is 12.3. The van der Waals surface area contributed by atoms with E-state index in [0.717, 1.165) is 51.6 Å². The number of anilines is 1. The average molecular weight is 560 g/mol. The summed E-state index contributed by atoms with van der Waals surface area (Å²) in [5.41, 5.74) is 6.41. The number of rotatable bonds is 16. The van der Waals surface area contributed by atoms with Crippen LogP contribution in [-0.4, -0.2) is 30.2 Å². The van der Waals surface area contributed by atoms with Gasteiger partial charge >= 0.3 is 5.97 Å². The second kappa shape index (κ2) is 15.8. The molecule has 0 aliphatic carbocycles. The molecule has 0 spiro atoms. The van der Waals surface area contributed by atoms with Gasteiger partial charge in [-0.15, -0.1) is 0 Å². The Balaban J connectivity index is 1.74. The predicted molar refractivity (Wildman–Crippen MR) is 166 cm³/mol. The number of amides is 1. The molecule has 6 heteroatoms. The molecular weight excluding hydrogens is 514 g/mol. The first-order valence-electron chi connectivity index (χ1n) is 14.8. The highest BCUT2D eigenvalue weighted by Gasteiger charge is 2.17. The fourth-order valence-electron chi connectivity index (χ4n) is 5.08. The first-order valence-corrected chi connectivity index (χ1v) is 14.8. The van der Waals surface area contributed by atoms with Crippen LogP contribution in [0.15, 0.2) is 54.6 Å². The molecular formula is C35H45NO5. The Morgan fingerprint density at radius 1 is 0.829 bits per heavy atom. The van der Waals surface area contributed by atoms with E-state index < -0.39 is 5.97 Å². The summed E-state index contributed by atoms with van der Waals surface area (Å²) >= 11 is 0. The number of aryl methyl sites for hydroxylation is 1. The lowest BCUT2D eigenvalue weighted by Crippen LogP contribution is -2.15. The molecule has 220 valence electrons. The summed E-state index contributed by atoms with van der Waals surface area (Å²) in [4.78, 5) is 24.1.